The van der Waals surface area contributed by atoms with E-state index in [1.807, 2.05) is 19.1 Å². The molecule has 1 aliphatic rings. The Morgan fingerprint density at radius 1 is 1.07 bits per heavy atom. The summed E-state index contributed by atoms with van der Waals surface area (Å²) in [6, 6.07) is 7.33. The van der Waals surface area contributed by atoms with E-state index < -0.39 is 28.3 Å². The number of benzene rings is 1. The van der Waals surface area contributed by atoms with Crippen molar-refractivity contribution in [3.63, 3.8) is 0 Å². The molecular formula is C20H23NO4S2. The third kappa shape index (κ3) is 3.61. The molecule has 0 spiro atoms. The summed E-state index contributed by atoms with van der Waals surface area (Å²) in [5.74, 6) is -1.44. The van der Waals surface area contributed by atoms with Gasteiger partial charge in [0.05, 0.1) is 5.69 Å². The van der Waals surface area contributed by atoms with Crippen LogP contribution in [0.3, 0.4) is 0 Å². The quantitative estimate of drug-likeness (QED) is 0.575. The van der Waals surface area contributed by atoms with Gasteiger partial charge in [-0.25, -0.2) is 4.98 Å². The van der Waals surface area contributed by atoms with Gasteiger partial charge in [0.25, 0.3) is 0 Å². The molecule has 1 saturated heterocycles. The second-order valence-electron chi connectivity index (χ2n) is 7.72. The van der Waals surface area contributed by atoms with Crippen molar-refractivity contribution in [1.82, 2.24) is 4.98 Å². The fourth-order valence-corrected chi connectivity index (χ4v) is 4.87. The van der Waals surface area contributed by atoms with E-state index >= 15 is 0 Å². The normalized spacial score (nSPS) is 20.7. The summed E-state index contributed by atoms with van der Waals surface area (Å²) in [4.78, 5) is 32.1. The van der Waals surface area contributed by atoms with Gasteiger partial charge < -0.3 is 9.29 Å². The topological polar surface area (TPSA) is 79.3 Å². The molecule has 0 aliphatic carbocycles. The summed E-state index contributed by atoms with van der Waals surface area (Å²) < 4.78 is 17.3. The van der Waals surface area contributed by atoms with Crippen LogP contribution in [0.25, 0.3) is 10.6 Å². The first-order valence-corrected chi connectivity index (χ1v) is 11.0. The molecule has 0 saturated carbocycles. The third-order valence-electron chi connectivity index (χ3n) is 4.76. The molecule has 1 aliphatic heterocycles. The predicted octanol–water partition coefficient (Wildman–Crippen LogP) is 3.67. The number of rotatable bonds is 3. The maximum atomic E-state index is 12.9. The van der Waals surface area contributed by atoms with Crippen LogP contribution < -0.4 is 0 Å². The molecule has 2 aromatic rings. The highest BCUT2D eigenvalue weighted by Gasteiger charge is 2.54. The van der Waals surface area contributed by atoms with Gasteiger partial charge in [-0.3, -0.25) is 9.59 Å². The first-order chi connectivity index (χ1) is 12.4. The molecule has 1 fully saturated rings. The SMILES string of the molecule is Cc1sc(-c2ccc([S+](C)[O-])cc2)nc1C1C(=O)C(C)(C)OC(C)(C)C1=O. The molecule has 0 radical (unpaired) electrons. The smallest absolute Gasteiger partial charge is 0.180 e. The van der Waals surface area contributed by atoms with E-state index in [4.69, 9.17) is 4.74 Å². The second kappa shape index (κ2) is 6.81. The lowest BCUT2D eigenvalue weighted by Crippen LogP contribution is -2.58. The van der Waals surface area contributed by atoms with Gasteiger partial charge in [0, 0.05) is 10.4 Å². The van der Waals surface area contributed by atoms with E-state index in [2.05, 4.69) is 4.98 Å². The zero-order chi connectivity index (χ0) is 20.1. The number of carbonyl (C=O) groups excluding carboxylic acids is 2. The maximum absolute atomic E-state index is 12.9. The Balaban J connectivity index is 2.03. The van der Waals surface area contributed by atoms with Crippen molar-refractivity contribution < 1.29 is 18.9 Å². The highest BCUT2D eigenvalue weighted by atomic mass is 32.2. The number of ether oxygens (including phenoxy) is 1. The molecule has 144 valence electrons. The molecule has 0 bridgehead atoms. The van der Waals surface area contributed by atoms with E-state index in [0.717, 1.165) is 20.3 Å². The van der Waals surface area contributed by atoms with Gasteiger partial charge in [-0.15, -0.1) is 11.3 Å². The zero-order valence-electron chi connectivity index (χ0n) is 16.3. The van der Waals surface area contributed by atoms with Crippen LogP contribution >= 0.6 is 11.3 Å². The van der Waals surface area contributed by atoms with E-state index in [9.17, 15) is 14.1 Å². The first kappa shape index (κ1) is 20.2. The molecule has 1 atom stereocenters. The fraction of sp³-hybridized carbons (Fsp3) is 0.450. The lowest BCUT2D eigenvalue weighted by Gasteiger charge is -2.42. The number of nitrogens with zero attached hydrogens (tertiary/aromatic N) is 1. The molecule has 0 amide bonds. The average molecular weight is 406 g/mol. The predicted molar refractivity (Wildman–Crippen MR) is 107 cm³/mol. The van der Waals surface area contributed by atoms with Gasteiger partial charge in [-0.05, 0) is 70.1 Å². The number of Topliss-reactive ketones (excluding diaryl/α,β-unsaturated/α-hetero) is 2. The highest BCUT2D eigenvalue weighted by molar-refractivity contribution is 7.90. The minimum absolute atomic E-state index is 0.261. The lowest BCUT2D eigenvalue weighted by molar-refractivity contribution is -0.184. The zero-order valence-corrected chi connectivity index (χ0v) is 17.9. The van der Waals surface area contributed by atoms with Crippen LogP contribution in [0.4, 0.5) is 0 Å². The second-order valence-corrected chi connectivity index (χ2v) is 10.3. The molecule has 1 unspecified atom stereocenters. The van der Waals surface area contributed by atoms with Gasteiger partial charge in [-0.2, -0.15) is 0 Å². The van der Waals surface area contributed by atoms with Crippen LogP contribution in [0.1, 0.15) is 44.2 Å². The molecule has 27 heavy (non-hydrogen) atoms. The van der Waals surface area contributed by atoms with Crippen molar-refractivity contribution in [2.24, 2.45) is 0 Å². The number of ketones is 2. The summed E-state index contributed by atoms with van der Waals surface area (Å²) in [6.45, 7) is 8.67. The molecule has 1 aromatic carbocycles. The fourth-order valence-electron chi connectivity index (χ4n) is 3.39. The number of aryl methyl sites for hydroxylation is 1. The Morgan fingerprint density at radius 3 is 2.07 bits per heavy atom. The first-order valence-electron chi connectivity index (χ1n) is 8.64. The van der Waals surface area contributed by atoms with Crippen LogP contribution in [0.15, 0.2) is 29.2 Å². The van der Waals surface area contributed by atoms with Crippen LogP contribution in [0.5, 0.6) is 0 Å². The minimum atomic E-state index is -1.05. The Kier molecular flexibility index (Phi) is 5.10. The summed E-state index contributed by atoms with van der Waals surface area (Å²) in [7, 11) is 0. The molecule has 1 aromatic heterocycles. The van der Waals surface area contributed by atoms with E-state index in [-0.39, 0.29) is 11.6 Å². The van der Waals surface area contributed by atoms with Crippen LogP contribution in [-0.4, -0.2) is 38.6 Å². The average Bonchev–Trinajstić information content (AvgIpc) is 2.95. The number of hydrogen-bond acceptors (Lipinski definition) is 6. The maximum Gasteiger partial charge on any atom is 0.180 e. The Labute approximate surface area is 166 Å². The van der Waals surface area contributed by atoms with Crippen molar-refractivity contribution in [3.05, 3.63) is 34.8 Å². The molecule has 7 heteroatoms. The highest BCUT2D eigenvalue weighted by Crippen LogP contribution is 2.41. The van der Waals surface area contributed by atoms with Gasteiger partial charge in [-0.1, -0.05) is 0 Å². The molecule has 2 heterocycles. The summed E-state index contributed by atoms with van der Waals surface area (Å²) in [6.07, 6.45) is 1.63. The van der Waals surface area contributed by atoms with Crippen LogP contribution in [0.2, 0.25) is 0 Å². The molecule has 3 rings (SSSR count). The van der Waals surface area contributed by atoms with Crippen molar-refractivity contribution >= 4 is 34.1 Å². The monoisotopic (exact) mass is 405 g/mol. The van der Waals surface area contributed by atoms with Crippen LogP contribution in [0, 0.1) is 6.92 Å². The van der Waals surface area contributed by atoms with E-state index in [1.54, 1.807) is 46.1 Å². The summed E-state index contributed by atoms with van der Waals surface area (Å²) in [5, 5.41) is 0.735. The Hall–Kier alpha value is -1.54. The van der Waals surface area contributed by atoms with Crippen molar-refractivity contribution in [2.75, 3.05) is 6.26 Å². The van der Waals surface area contributed by atoms with Crippen molar-refractivity contribution in [3.8, 4) is 10.6 Å². The van der Waals surface area contributed by atoms with Gasteiger partial charge >= 0.3 is 0 Å². The Bertz CT molecular complexity index is 871. The third-order valence-corrected chi connectivity index (χ3v) is 6.73. The summed E-state index contributed by atoms with van der Waals surface area (Å²) >= 11 is 0.404. The standard InChI is InChI=1S/C20H23NO4S2/c1-11-15(14-16(22)19(2,3)25-20(4,5)17(14)23)21-18(26-11)12-7-9-13(10-8-12)27(6)24/h7-10,14H,1-6H3. The Morgan fingerprint density at radius 2 is 1.59 bits per heavy atom. The number of aromatic nitrogens is 1. The van der Waals surface area contributed by atoms with Gasteiger partial charge in [0.1, 0.15) is 28.4 Å². The number of hydrogen-bond donors (Lipinski definition) is 0. The van der Waals surface area contributed by atoms with Crippen molar-refractivity contribution in [1.29, 1.82) is 0 Å². The van der Waals surface area contributed by atoms with E-state index in [1.165, 1.54) is 11.3 Å². The molecule has 0 N–H and O–H groups in total. The number of carbonyl (C=O) groups is 2. The molecule has 5 nitrogen and oxygen atoms in total. The molecular weight excluding hydrogens is 382 g/mol. The largest absolute Gasteiger partial charge is 0.612 e. The minimum Gasteiger partial charge on any atom is -0.612 e. The lowest BCUT2D eigenvalue weighted by atomic mass is 9.76. The number of thiazole rings is 1. The van der Waals surface area contributed by atoms with Crippen LogP contribution in [-0.2, 0) is 25.5 Å². The van der Waals surface area contributed by atoms with Gasteiger partial charge in [0.2, 0.25) is 0 Å². The van der Waals surface area contributed by atoms with Gasteiger partial charge in [0.15, 0.2) is 16.5 Å². The summed E-state index contributed by atoms with van der Waals surface area (Å²) in [5.41, 5.74) is -0.720. The van der Waals surface area contributed by atoms with Crippen molar-refractivity contribution in [2.45, 2.75) is 56.6 Å². The van der Waals surface area contributed by atoms with E-state index in [0.29, 0.717) is 5.69 Å².